The number of aromatic carboxylic acids is 1. The van der Waals surface area contributed by atoms with Crippen LogP contribution >= 0.6 is 0 Å². The Hall–Kier alpha value is -2.56. The van der Waals surface area contributed by atoms with Gasteiger partial charge in [0.2, 0.25) is 0 Å². The van der Waals surface area contributed by atoms with E-state index in [4.69, 9.17) is 14.6 Å². The van der Waals surface area contributed by atoms with E-state index in [-0.39, 0.29) is 5.56 Å². The number of esters is 1. The van der Waals surface area contributed by atoms with E-state index in [0.717, 1.165) is 5.76 Å². The van der Waals surface area contributed by atoms with Crippen LogP contribution in [0.15, 0.2) is 47.7 Å². The molecule has 0 aromatic heterocycles. The Morgan fingerprint density at radius 2 is 1.80 bits per heavy atom. The molecular weight excluding hydrogens is 260 g/mol. The Morgan fingerprint density at radius 1 is 1.10 bits per heavy atom. The minimum atomic E-state index is -1.02. The molecule has 1 aliphatic carbocycles. The molecule has 2 rings (SSSR count). The molecule has 0 radical (unpaired) electrons. The van der Waals surface area contributed by atoms with Crippen LogP contribution in [0.25, 0.3) is 0 Å². The van der Waals surface area contributed by atoms with Crippen LogP contribution in [0.2, 0.25) is 0 Å². The summed E-state index contributed by atoms with van der Waals surface area (Å²) >= 11 is 0. The second-order valence-electron chi connectivity index (χ2n) is 4.25. The SMILES string of the molecule is COC1=CC=C(C(=O)Oc2ccc(C(=O)O)cc2)CC1. The van der Waals surface area contributed by atoms with Crippen LogP contribution in [-0.2, 0) is 9.53 Å². The maximum absolute atomic E-state index is 11.9. The van der Waals surface area contributed by atoms with Gasteiger partial charge in [-0.05, 0) is 42.8 Å². The molecular formula is C15H14O5. The van der Waals surface area contributed by atoms with Gasteiger partial charge in [0.05, 0.1) is 18.4 Å². The number of ether oxygens (including phenoxy) is 2. The minimum Gasteiger partial charge on any atom is -0.501 e. The van der Waals surface area contributed by atoms with Crippen molar-refractivity contribution in [2.45, 2.75) is 12.8 Å². The quantitative estimate of drug-likeness (QED) is 0.674. The molecule has 1 aromatic carbocycles. The van der Waals surface area contributed by atoms with Gasteiger partial charge >= 0.3 is 11.9 Å². The first-order chi connectivity index (χ1) is 9.60. The number of carbonyl (C=O) groups excluding carboxylic acids is 1. The predicted molar refractivity (Wildman–Crippen MR) is 71.4 cm³/mol. The smallest absolute Gasteiger partial charge is 0.339 e. The highest BCUT2D eigenvalue weighted by Gasteiger charge is 2.16. The maximum Gasteiger partial charge on any atom is 0.339 e. The van der Waals surface area contributed by atoms with Gasteiger partial charge in [-0.25, -0.2) is 9.59 Å². The van der Waals surface area contributed by atoms with Crippen LogP contribution in [0.4, 0.5) is 0 Å². The highest BCUT2D eigenvalue weighted by molar-refractivity contribution is 5.91. The summed E-state index contributed by atoms with van der Waals surface area (Å²) in [6.07, 6.45) is 4.64. The number of methoxy groups -OCH3 is 1. The molecule has 0 aliphatic heterocycles. The van der Waals surface area contributed by atoms with Crippen LogP contribution in [0.5, 0.6) is 5.75 Å². The van der Waals surface area contributed by atoms with Crippen molar-refractivity contribution in [1.82, 2.24) is 0 Å². The highest BCUT2D eigenvalue weighted by Crippen LogP contribution is 2.21. The number of hydrogen-bond acceptors (Lipinski definition) is 4. The Labute approximate surface area is 116 Å². The van der Waals surface area contributed by atoms with Crippen LogP contribution < -0.4 is 4.74 Å². The van der Waals surface area contributed by atoms with Crippen molar-refractivity contribution < 1.29 is 24.2 Å². The van der Waals surface area contributed by atoms with Crippen LogP contribution in [0.1, 0.15) is 23.2 Å². The molecule has 0 amide bonds. The van der Waals surface area contributed by atoms with E-state index in [1.807, 2.05) is 0 Å². The molecule has 104 valence electrons. The molecule has 0 atom stereocenters. The molecule has 1 aromatic rings. The van der Waals surface area contributed by atoms with Crippen molar-refractivity contribution >= 4 is 11.9 Å². The summed E-state index contributed by atoms with van der Waals surface area (Å²) in [5, 5.41) is 8.77. The maximum atomic E-state index is 11.9. The summed E-state index contributed by atoms with van der Waals surface area (Å²) in [6.45, 7) is 0. The molecule has 0 spiro atoms. The first-order valence-corrected chi connectivity index (χ1v) is 6.09. The number of carboxylic acids is 1. The third-order valence-electron chi connectivity index (χ3n) is 2.95. The zero-order valence-corrected chi connectivity index (χ0v) is 11.0. The Morgan fingerprint density at radius 3 is 2.30 bits per heavy atom. The lowest BCUT2D eigenvalue weighted by Gasteiger charge is -2.13. The monoisotopic (exact) mass is 274 g/mol. The summed E-state index contributed by atoms with van der Waals surface area (Å²) in [6, 6.07) is 5.70. The van der Waals surface area contributed by atoms with Gasteiger partial charge in [0.1, 0.15) is 5.75 Å². The van der Waals surface area contributed by atoms with Crippen molar-refractivity contribution in [3.63, 3.8) is 0 Å². The number of benzene rings is 1. The standard InChI is InChI=1S/C15H14O5/c1-19-12-6-4-11(5-7-12)15(18)20-13-8-2-10(3-9-13)14(16)17/h2-4,6,8-9H,5,7H2,1H3,(H,16,17). The fraction of sp³-hybridized carbons (Fsp3) is 0.200. The lowest BCUT2D eigenvalue weighted by Crippen LogP contribution is -2.13. The molecule has 5 nitrogen and oxygen atoms in total. The number of carbonyl (C=O) groups is 2. The topological polar surface area (TPSA) is 72.8 Å². The van der Waals surface area contributed by atoms with Gasteiger partial charge in [0.15, 0.2) is 0 Å². The van der Waals surface area contributed by atoms with Crippen molar-refractivity contribution in [2.75, 3.05) is 7.11 Å². The minimum absolute atomic E-state index is 0.148. The summed E-state index contributed by atoms with van der Waals surface area (Å²) in [5.41, 5.74) is 0.711. The summed E-state index contributed by atoms with van der Waals surface area (Å²) in [7, 11) is 1.59. The molecule has 0 saturated carbocycles. The molecule has 0 fully saturated rings. The normalized spacial score (nSPS) is 14.1. The Balaban J connectivity index is 2.03. The van der Waals surface area contributed by atoms with E-state index in [1.54, 1.807) is 19.3 Å². The highest BCUT2D eigenvalue weighted by atomic mass is 16.5. The van der Waals surface area contributed by atoms with Crippen molar-refractivity contribution in [3.8, 4) is 5.75 Å². The Kier molecular flexibility index (Phi) is 4.20. The lowest BCUT2D eigenvalue weighted by atomic mass is 10.0. The first kappa shape index (κ1) is 13.9. The van der Waals surface area contributed by atoms with Gasteiger partial charge in [-0.1, -0.05) is 0 Å². The fourth-order valence-electron chi connectivity index (χ4n) is 1.80. The Bertz CT molecular complexity index is 581. The largest absolute Gasteiger partial charge is 0.501 e. The third-order valence-corrected chi connectivity index (χ3v) is 2.95. The molecule has 5 heteroatoms. The zero-order valence-electron chi connectivity index (χ0n) is 11.0. The van der Waals surface area contributed by atoms with Crippen molar-refractivity contribution in [1.29, 1.82) is 0 Å². The van der Waals surface area contributed by atoms with E-state index in [9.17, 15) is 9.59 Å². The summed E-state index contributed by atoms with van der Waals surface area (Å²) < 4.78 is 10.3. The second kappa shape index (κ2) is 6.06. The van der Waals surface area contributed by atoms with E-state index in [0.29, 0.717) is 24.2 Å². The molecule has 20 heavy (non-hydrogen) atoms. The van der Waals surface area contributed by atoms with E-state index < -0.39 is 11.9 Å². The van der Waals surface area contributed by atoms with Gasteiger partial charge in [-0.2, -0.15) is 0 Å². The van der Waals surface area contributed by atoms with Gasteiger partial charge in [0, 0.05) is 12.0 Å². The fourth-order valence-corrected chi connectivity index (χ4v) is 1.80. The van der Waals surface area contributed by atoms with Crippen LogP contribution in [-0.4, -0.2) is 24.2 Å². The van der Waals surface area contributed by atoms with E-state index >= 15 is 0 Å². The molecule has 0 heterocycles. The molecule has 0 saturated heterocycles. The average molecular weight is 274 g/mol. The van der Waals surface area contributed by atoms with Crippen LogP contribution in [0, 0.1) is 0 Å². The number of carboxylic acid groups (broad SMARTS) is 1. The van der Waals surface area contributed by atoms with Crippen molar-refractivity contribution in [3.05, 3.63) is 53.3 Å². The van der Waals surface area contributed by atoms with Crippen molar-refractivity contribution in [2.24, 2.45) is 0 Å². The third kappa shape index (κ3) is 3.26. The number of hydrogen-bond donors (Lipinski definition) is 1. The molecule has 1 aliphatic rings. The van der Waals surface area contributed by atoms with E-state index in [1.165, 1.54) is 24.3 Å². The second-order valence-corrected chi connectivity index (χ2v) is 4.25. The molecule has 0 bridgehead atoms. The van der Waals surface area contributed by atoms with E-state index in [2.05, 4.69) is 0 Å². The predicted octanol–water partition coefficient (Wildman–Crippen LogP) is 2.54. The van der Waals surface area contributed by atoms with Gasteiger partial charge in [-0.3, -0.25) is 0 Å². The molecule has 0 unspecified atom stereocenters. The first-order valence-electron chi connectivity index (χ1n) is 6.09. The number of rotatable bonds is 4. The van der Waals surface area contributed by atoms with Gasteiger partial charge < -0.3 is 14.6 Å². The lowest BCUT2D eigenvalue weighted by molar-refractivity contribution is -0.130. The zero-order chi connectivity index (χ0) is 14.5. The molecule has 1 N–H and O–H groups in total. The summed E-state index contributed by atoms with van der Waals surface area (Å²) in [5.74, 6) is -0.302. The van der Waals surface area contributed by atoms with Gasteiger partial charge in [-0.15, -0.1) is 0 Å². The van der Waals surface area contributed by atoms with Gasteiger partial charge in [0.25, 0.3) is 0 Å². The van der Waals surface area contributed by atoms with Crippen LogP contribution in [0.3, 0.4) is 0 Å². The average Bonchev–Trinajstić information content (AvgIpc) is 2.48. The summed E-state index contributed by atoms with van der Waals surface area (Å²) in [4.78, 5) is 22.6. The number of allylic oxidation sites excluding steroid dienone is 3.